The number of aromatic nitrogens is 1. The van der Waals surface area contributed by atoms with Crippen LogP contribution in [0.2, 0.25) is 5.02 Å². The highest BCUT2D eigenvalue weighted by Crippen LogP contribution is 2.45. The molecule has 2 unspecified atom stereocenters. The van der Waals surface area contributed by atoms with E-state index in [4.69, 9.17) is 11.6 Å². The van der Waals surface area contributed by atoms with Gasteiger partial charge in [0.05, 0.1) is 16.3 Å². The number of benzene rings is 1. The Bertz CT molecular complexity index is 2170. The van der Waals surface area contributed by atoms with Crippen LogP contribution in [0.1, 0.15) is 76.1 Å². The number of pyridine rings is 1. The van der Waals surface area contributed by atoms with Crippen molar-refractivity contribution in [3.8, 4) is 11.1 Å². The first-order valence-electron chi connectivity index (χ1n) is 18.8. The maximum Gasteiger partial charge on any atom is 0.259 e. The number of rotatable bonds is 13. The predicted octanol–water partition coefficient (Wildman–Crippen LogP) is 3.96. The van der Waals surface area contributed by atoms with E-state index in [1.165, 1.54) is 11.0 Å². The summed E-state index contributed by atoms with van der Waals surface area (Å²) < 4.78 is 29.5. The maximum atomic E-state index is 14.6. The van der Waals surface area contributed by atoms with Crippen LogP contribution in [0.25, 0.3) is 16.6 Å². The average molecular weight is 791 g/mol. The molecule has 4 aliphatic rings. The van der Waals surface area contributed by atoms with Crippen molar-refractivity contribution in [2.45, 2.75) is 94.6 Å². The highest BCUT2D eigenvalue weighted by molar-refractivity contribution is 7.91. The summed E-state index contributed by atoms with van der Waals surface area (Å²) in [7, 11) is -3.91. The molecule has 0 bridgehead atoms. The van der Waals surface area contributed by atoms with Gasteiger partial charge in [-0.2, -0.15) is 0 Å². The van der Waals surface area contributed by atoms with Gasteiger partial charge in [-0.05, 0) is 79.7 Å². The van der Waals surface area contributed by atoms with Crippen LogP contribution in [0.5, 0.6) is 0 Å². The van der Waals surface area contributed by atoms with E-state index in [2.05, 4.69) is 27.3 Å². The molecular weight excluding hydrogens is 744 g/mol. The molecule has 1 aromatic carbocycles. The van der Waals surface area contributed by atoms with Crippen LogP contribution >= 0.6 is 11.6 Å². The van der Waals surface area contributed by atoms with Crippen molar-refractivity contribution in [1.29, 1.82) is 0 Å². The second-order valence-electron chi connectivity index (χ2n) is 16.5. The summed E-state index contributed by atoms with van der Waals surface area (Å²) in [6.07, 6.45) is 8.42. The number of fused-ring (bicyclic) bond motifs is 1. The molecule has 1 saturated heterocycles. The van der Waals surface area contributed by atoms with E-state index < -0.39 is 73.9 Å². The van der Waals surface area contributed by atoms with Crippen molar-refractivity contribution in [2.75, 3.05) is 6.54 Å². The fourth-order valence-electron chi connectivity index (χ4n) is 7.54. The number of hydrogen-bond acceptors (Lipinski definition) is 7. The first kappa shape index (κ1) is 38.6. The molecular formula is C40H47ClN6O7S. The zero-order chi connectivity index (χ0) is 39.4. The smallest absolute Gasteiger partial charge is 0.259 e. The van der Waals surface area contributed by atoms with Crippen LogP contribution in [0, 0.1) is 17.3 Å². The second-order valence-corrected chi connectivity index (χ2v) is 18.9. The summed E-state index contributed by atoms with van der Waals surface area (Å²) in [5.41, 5.74) is 0.146. The Balaban J connectivity index is 1.18. The van der Waals surface area contributed by atoms with Gasteiger partial charge in [-0.25, -0.2) is 8.42 Å². The Morgan fingerprint density at radius 2 is 1.75 bits per heavy atom. The van der Waals surface area contributed by atoms with Gasteiger partial charge in [0.1, 0.15) is 17.6 Å². The van der Waals surface area contributed by atoms with Crippen LogP contribution in [-0.2, 0) is 29.2 Å². The zero-order valence-corrected chi connectivity index (χ0v) is 32.7. The van der Waals surface area contributed by atoms with Crippen molar-refractivity contribution in [3.05, 3.63) is 78.1 Å². The van der Waals surface area contributed by atoms with Gasteiger partial charge in [-0.3, -0.25) is 28.7 Å². The van der Waals surface area contributed by atoms with E-state index in [1.54, 1.807) is 12.1 Å². The molecule has 15 heteroatoms. The van der Waals surface area contributed by atoms with Crippen molar-refractivity contribution < 1.29 is 32.4 Å². The maximum absolute atomic E-state index is 14.6. The van der Waals surface area contributed by atoms with Crippen LogP contribution in [0.3, 0.4) is 0 Å². The van der Waals surface area contributed by atoms with Gasteiger partial charge in [0, 0.05) is 47.9 Å². The number of amides is 5. The Morgan fingerprint density at radius 1 is 1.04 bits per heavy atom. The molecule has 7 rings (SSSR count). The summed E-state index contributed by atoms with van der Waals surface area (Å²) in [6.45, 7) is 9.20. The summed E-state index contributed by atoms with van der Waals surface area (Å²) in [6, 6.07) is 9.76. The molecule has 3 saturated carbocycles. The van der Waals surface area contributed by atoms with E-state index in [1.807, 2.05) is 67.9 Å². The minimum atomic E-state index is -3.91. The number of sulfonamides is 1. The van der Waals surface area contributed by atoms with Crippen molar-refractivity contribution in [1.82, 2.24) is 30.0 Å². The molecule has 1 aliphatic heterocycles. The number of nitrogens with zero attached hydrogens (tertiary/aromatic N) is 2. The Labute approximate surface area is 325 Å². The topological polar surface area (TPSA) is 175 Å². The van der Waals surface area contributed by atoms with E-state index in [0.29, 0.717) is 40.9 Å². The van der Waals surface area contributed by atoms with Crippen LogP contribution < -0.4 is 20.7 Å². The summed E-state index contributed by atoms with van der Waals surface area (Å²) in [5.74, 6) is -2.96. The van der Waals surface area contributed by atoms with Gasteiger partial charge in [0.25, 0.3) is 11.8 Å². The van der Waals surface area contributed by atoms with Gasteiger partial charge in [-0.15, -0.1) is 6.58 Å². The average Bonchev–Trinajstić information content (AvgIpc) is 4.07. The third-order valence-electron chi connectivity index (χ3n) is 11.1. The quantitative estimate of drug-likeness (QED) is 0.190. The minimum absolute atomic E-state index is 0.00487. The lowest BCUT2D eigenvalue weighted by atomic mass is 9.85. The van der Waals surface area contributed by atoms with Crippen molar-refractivity contribution >= 4 is 56.7 Å². The van der Waals surface area contributed by atoms with E-state index in [0.717, 1.165) is 18.4 Å². The van der Waals surface area contributed by atoms with Gasteiger partial charge in [0.15, 0.2) is 0 Å². The standard InChI is InChI=1S/C40H47ClN6O7S/c1-5-25-20-40(25,38(52)45-55(53,54)28-15-16-28)44-35(49)31-19-27(21-47(31)37(51)34(39(2,3)4)43-32(48)18-23-9-10-23)42-36(50)33-29(24-11-13-26(41)14-12-24)22-46-17-7-6-8-30(33)46/h5-8,11-14,17,22-23,25,27-28,31,34H,1,9-10,15-16,18-21H2,2-4H3,(H,42,50)(H,43,48)(H,44,49)(H,45,52)/t25?,27-,31+,34-,40?/m1/s1. The van der Waals surface area contributed by atoms with E-state index in [-0.39, 0.29) is 31.2 Å². The SMILES string of the molecule is C=CC1CC1(NC(=O)[C@@H]1C[C@@H](NC(=O)c2c(-c3ccc(Cl)cc3)cn3ccccc23)CN1C(=O)[C@@H](NC(=O)CC1CC1)C(C)(C)C)C(=O)NS(=O)(=O)C1CC1. The highest BCUT2D eigenvalue weighted by Gasteiger charge is 2.62. The van der Waals surface area contributed by atoms with Gasteiger partial charge in [0.2, 0.25) is 27.7 Å². The fraction of sp³-hybridized carbons (Fsp3) is 0.475. The number of carbonyl (C=O) groups excluding carboxylic acids is 5. The number of hydrogen-bond donors (Lipinski definition) is 4. The number of carbonyl (C=O) groups is 5. The number of likely N-dealkylation sites (tertiary alicyclic amines) is 1. The molecule has 5 amide bonds. The van der Waals surface area contributed by atoms with Crippen molar-refractivity contribution in [3.63, 3.8) is 0 Å². The second kappa shape index (κ2) is 14.4. The van der Waals surface area contributed by atoms with Crippen LogP contribution in [-0.4, -0.2) is 82.7 Å². The van der Waals surface area contributed by atoms with Gasteiger partial charge < -0.3 is 25.3 Å². The Kier molecular flexibility index (Phi) is 10.1. The molecule has 3 heterocycles. The van der Waals surface area contributed by atoms with Gasteiger partial charge >= 0.3 is 0 Å². The first-order valence-corrected chi connectivity index (χ1v) is 20.7. The molecule has 3 aromatic rings. The normalized spacial score (nSPS) is 24.1. The monoisotopic (exact) mass is 790 g/mol. The third kappa shape index (κ3) is 8.02. The largest absolute Gasteiger partial charge is 0.347 e. The van der Waals surface area contributed by atoms with Gasteiger partial charge in [-0.1, -0.05) is 56.6 Å². The molecule has 55 heavy (non-hydrogen) atoms. The molecule has 5 atom stereocenters. The summed E-state index contributed by atoms with van der Waals surface area (Å²) in [5, 5.41) is 8.69. The molecule has 292 valence electrons. The molecule has 4 N–H and O–H groups in total. The van der Waals surface area contributed by atoms with Crippen LogP contribution in [0.4, 0.5) is 0 Å². The number of nitrogens with one attached hydrogen (secondary N) is 4. The third-order valence-corrected chi connectivity index (χ3v) is 13.2. The molecule has 13 nitrogen and oxygen atoms in total. The zero-order valence-electron chi connectivity index (χ0n) is 31.1. The lowest BCUT2D eigenvalue weighted by molar-refractivity contribution is -0.144. The Hall–Kier alpha value is -4.69. The van der Waals surface area contributed by atoms with Crippen molar-refractivity contribution in [2.24, 2.45) is 17.3 Å². The van der Waals surface area contributed by atoms with Crippen LogP contribution in [0.15, 0.2) is 67.5 Å². The Morgan fingerprint density at radius 3 is 2.36 bits per heavy atom. The lowest BCUT2D eigenvalue weighted by Gasteiger charge is -2.35. The molecule has 0 radical (unpaired) electrons. The fourth-order valence-corrected chi connectivity index (χ4v) is 9.03. The molecule has 0 spiro atoms. The first-order chi connectivity index (χ1) is 26.0. The summed E-state index contributed by atoms with van der Waals surface area (Å²) in [4.78, 5) is 71.2. The lowest BCUT2D eigenvalue weighted by Crippen LogP contribution is -2.60. The number of halogens is 1. The molecule has 4 fully saturated rings. The van der Waals surface area contributed by atoms with E-state index in [9.17, 15) is 32.4 Å². The van der Waals surface area contributed by atoms with E-state index >= 15 is 0 Å². The minimum Gasteiger partial charge on any atom is -0.347 e. The summed E-state index contributed by atoms with van der Waals surface area (Å²) >= 11 is 6.17. The molecule has 3 aliphatic carbocycles. The predicted molar refractivity (Wildman–Crippen MR) is 207 cm³/mol. The highest BCUT2D eigenvalue weighted by atomic mass is 35.5. The molecule has 2 aromatic heterocycles.